The number of aliphatic carboxylic acids is 1. The molecule has 0 aliphatic rings. The van der Waals surface area contributed by atoms with Gasteiger partial charge in [0.1, 0.15) is 5.75 Å². The third-order valence-corrected chi connectivity index (χ3v) is 6.30. The van der Waals surface area contributed by atoms with E-state index in [2.05, 4.69) is 48.5 Å². The summed E-state index contributed by atoms with van der Waals surface area (Å²) in [6, 6.07) is 0. The molecular formula is C25H34HeO3. The van der Waals surface area contributed by atoms with Crippen molar-refractivity contribution >= 4 is 22.3 Å². The topological polar surface area (TPSA) is 46.5 Å². The van der Waals surface area contributed by atoms with E-state index in [1.165, 1.54) is 44.2 Å². The van der Waals surface area contributed by atoms with Gasteiger partial charge >= 0.3 is 5.97 Å². The normalized spacial score (nSPS) is 11.3. The number of aryl methyl sites for hydroxylation is 4. The zero-order valence-electron chi connectivity index (χ0n) is 20.0. The number of hydrogen-bond acceptors (Lipinski definition) is 2. The van der Waals surface area contributed by atoms with Crippen molar-refractivity contribution in [2.24, 2.45) is 0 Å². The summed E-state index contributed by atoms with van der Waals surface area (Å²) in [6.07, 6.45) is 0. The summed E-state index contributed by atoms with van der Waals surface area (Å²) < 4.78 is 6.06. The van der Waals surface area contributed by atoms with Crippen molar-refractivity contribution in [3.63, 3.8) is 0 Å². The second-order valence-electron chi connectivity index (χ2n) is 8.75. The first-order valence-corrected chi connectivity index (χ1v) is 9.84. The second kappa shape index (κ2) is 8.16. The Kier molecular flexibility index (Phi) is 6.94. The van der Waals surface area contributed by atoms with Gasteiger partial charge in [0, 0.05) is 6.15 Å². The third-order valence-electron chi connectivity index (χ3n) is 6.30. The van der Waals surface area contributed by atoms with Crippen LogP contribution in [0.3, 0.4) is 0 Å². The maximum Gasteiger partial charge on any atom is 0.347 e. The summed E-state index contributed by atoms with van der Waals surface area (Å²) in [5.74, 6) is -0.284. The van der Waals surface area contributed by atoms with Crippen molar-refractivity contribution in [1.82, 2.24) is 0 Å². The predicted octanol–water partition coefficient (Wildman–Crippen LogP) is 6.75. The zero-order valence-corrected chi connectivity index (χ0v) is 20.0. The van der Waals surface area contributed by atoms with Gasteiger partial charge in [0.25, 0.3) is 0 Å². The fraction of sp³-hybridized carbons (Fsp3) is 0.480. The molecule has 0 radical (unpaired) electrons. The van der Waals surface area contributed by atoms with Crippen LogP contribution in [0.2, 0.25) is 0 Å². The molecule has 0 saturated heterocycles. The van der Waals surface area contributed by atoms with Crippen molar-refractivity contribution in [1.29, 1.82) is 0 Å². The van der Waals surface area contributed by atoms with Gasteiger partial charge in [0.2, 0.25) is 0 Å². The van der Waals surface area contributed by atoms with Crippen molar-refractivity contribution in [3.05, 3.63) is 44.5 Å². The van der Waals surface area contributed by atoms with Gasteiger partial charge in [-0.1, -0.05) is 5.57 Å². The molecule has 0 aliphatic carbocycles. The molecule has 2 aromatic rings. The molecule has 0 amide bonds. The van der Waals surface area contributed by atoms with E-state index < -0.39 is 11.6 Å². The van der Waals surface area contributed by atoms with Gasteiger partial charge in [0.05, 0.1) is 0 Å². The molecule has 0 aliphatic heterocycles. The minimum Gasteiger partial charge on any atom is -0.478 e. The molecular weight excluding hydrogens is 352 g/mol. The molecule has 2 aromatic carbocycles. The molecule has 3 nitrogen and oxygen atoms in total. The van der Waals surface area contributed by atoms with Crippen LogP contribution in [0.25, 0.3) is 16.3 Å². The fourth-order valence-corrected chi connectivity index (χ4v) is 4.11. The first kappa shape index (κ1) is 24.7. The molecule has 0 bridgehead atoms. The van der Waals surface area contributed by atoms with Crippen LogP contribution in [-0.4, -0.2) is 16.7 Å². The van der Waals surface area contributed by atoms with Crippen LogP contribution in [0.4, 0.5) is 0 Å². The van der Waals surface area contributed by atoms with Gasteiger partial charge in [0.15, 0.2) is 5.60 Å². The van der Waals surface area contributed by atoms with Gasteiger partial charge in [-0.05, 0) is 131 Å². The first-order valence-electron chi connectivity index (χ1n) is 9.84. The SMILES string of the molecule is CC(C)=C(C)c1c(C)c(C)c2c(C)c(OC(C)(C)C(=O)O)c(C)c(C)c2c1C.[He]. The van der Waals surface area contributed by atoms with Gasteiger partial charge < -0.3 is 9.84 Å². The summed E-state index contributed by atoms with van der Waals surface area (Å²) >= 11 is 0. The molecule has 4 heteroatoms. The number of fused-ring (bicyclic) bond motifs is 1. The Balaban J connectivity index is 0.00000420. The Morgan fingerprint density at radius 1 is 0.759 bits per heavy atom. The van der Waals surface area contributed by atoms with E-state index in [9.17, 15) is 9.90 Å². The number of carbonyl (C=O) groups is 1. The van der Waals surface area contributed by atoms with Crippen molar-refractivity contribution in [2.75, 3.05) is 0 Å². The van der Waals surface area contributed by atoms with E-state index in [1.807, 2.05) is 13.8 Å². The summed E-state index contributed by atoms with van der Waals surface area (Å²) in [6.45, 7) is 22.4. The number of carboxylic acid groups (broad SMARTS) is 1. The predicted molar refractivity (Wildman–Crippen MR) is 119 cm³/mol. The van der Waals surface area contributed by atoms with Crippen LogP contribution in [-0.2, 0) is 4.79 Å². The van der Waals surface area contributed by atoms with Crippen molar-refractivity contribution < 1.29 is 20.8 Å². The van der Waals surface area contributed by atoms with Crippen molar-refractivity contribution in [2.45, 2.75) is 81.8 Å². The molecule has 154 valence electrons. The number of carboxylic acids is 1. The largest absolute Gasteiger partial charge is 0.478 e. The number of ether oxygens (including phenoxy) is 1. The molecule has 0 saturated carbocycles. The monoisotopic (exact) mass is 386 g/mol. The van der Waals surface area contributed by atoms with E-state index in [4.69, 9.17) is 4.74 Å². The summed E-state index contributed by atoms with van der Waals surface area (Å²) in [4.78, 5) is 11.6. The standard InChI is InChI=1S/C25H34O3.He/c1-12(2)13(3)20-14(4)15(5)22-19(9)23(28-25(10,11)24(26)27)17(7)16(6)21(22)18(20)8;/h1-11H3,(H,26,27);. The smallest absolute Gasteiger partial charge is 0.347 e. The zero-order chi connectivity index (χ0) is 21.7. The van der Waals surface area contributed by atoms with Crippen LogP contribution in [0, 0.1) is 47.7 Å². The minimum absolute atomic E-state index is 0. The van der Waals surface area contributed by atoms with Crippen LogP contribution < -0.4 is 4.74 Å². The van der Waals surface area contributed by atoms with Crippen LogP contribution in [0.1, 0.15) is 73.6 Å². The average molecular weight is 387 g/mol. The maximum atomic E-state index is 11.6. The third kappa shape index (κ3) is 3.89. The number of allylic oxidation sites excluding steroid dienone is 2. The average Bonchev–Trinajstić information content (AvgIpc) is 2.59. The number of benzene rings is 2. The van der Waals surface area contributed by atoms with Gasteiger partial charge in [-0.15, -0.1) is 0 Å². The fourth-order valence-electron chi connectivity index (χ4n) is 4.11. The molecule has 0 heterocycles. The molecule has 0 atom stereocenters. The van der Waals surface area contributed by atoms with Crippen LogP contribution in [0.15, 0.2) is 5.57 Å². The molecule has 0 aromatic heterocycles. The summed E-state index contributed by atoms with van der Waals surface area (Å²) in [5, 5.41) is 12.0. The second-order valence-corrected chi connectivity index (χ2v) is 8.75. The number of hydrogen-bond donors (Lipinski definition) is 1. The molecule has 0 fully saturated rings. The van der Waals surface area contributed by atoms with Crippen LogP contribution >= 0.6 is 0 Å². The van der Waals surface area contributed by atoms with E-state index in [-0.39, 0.29) is 6.15 Å². The number of rotatable bonds is 4. The van der Waals surface area contributed by atoms with E-state index >= 15 is 0 Å². The molecule has 29 heavy (non-hydrogen) atoms. The van der Waals surface area contributed by atoms with Crippen molar-refractivity contribution in [3.8, 4) is 5.75 Å². The summed E-state index contributed by atoms with van der Waals surface area (Å²) in [5.41, 5.74) is 9.64. The Morgan fingerprint density at radius 3 is 1.66 bits per heavy atom. The molecule has 0 unspecified atom stereocenters. The Labute approximate surface area is 175 Å². The van der Waals surface area contributed by atoms with Gasteiger partial charge in [-0.2, -0.15) is 0 Å². The molecule has 0 spiro atoms. The molecule has 2 rings (SSSR count). The van der Waals surface area contributed by atoms with Crippen LogP contribution in [0.5, 0.6) is 5.75 Å². The summed E-state index contributed by atoms with van der Waals surface area (Å²) in [7, 11) is 0. The van der Waals surface area contributed by atoms with Gasteiger partial charge in [-0.25, -0.2) is 4.79 Å². The van der Waals surface area contributed by atoms with Gasteiger partial charge in [-0.3, -0.25) is 0 Å². The van der Waals surface area contributed by atoms with E-state index in [0.717, 1.165) is 16.7 Å². The Morgan fingerprint density at radius 2 is 1.21 bits per heavy atom. The minimum atomic E-state index is -1.29. The quantitative estimate of drug-likeness (QED) is 0.632. The Bertz CT molecular complexity index is 1020. The maximum absolute atomic E-state index is 11.6. The first-order chi connectivity index (χ1) is 12.7. The molecule has 1 N–H and O–H groups in total. The van der Waals surface area contributed by atoms with E-state index in [1.54, 1.807) is 13.8 Å². The van der Waals surface area contributed by atoms with E-state index in [0.29, 0.717) is 5.75 Å². The Hall–Kier alpha value is -2.38.